The molecular formula is C19H29NO3. The van der Waals surface area contributed by atoms with Crippen molar-refractivity contribution < 1.29 is 14.6 Å². The number of likely N-dealkylation sites (N-methyl/N-ethyl adjacent to an activating group) is 1. The van der Waals surface area contributed by atoms with Gasteiger partial charge in [-0.05, 0) is 63.6 Å². The second-order valence-corrected chi connectivity index (χ2v) is 7.19. The summed E-state index contributed by atoms with van der Waals surface area (Å²) in [6.07, 6.45) is 4.94. The topological polar surface area (TPSA) is 49.8 Å². The molecule has 1 atom stereocenters. The molecule has 1 aliphatic rings. The number of hydrogen-bond donors (Lipinski definition) is 1. The smallest absolute Gasteiger partial charge is 0.253 e. The average Bonchev–Trinajstić information content (AvgIpc) is 2.53. The summed E-state index contributed by atoms with van der Waals surface area (Å²) in [6, 6.07) is 7.71. The number of amides is 1. The zero-order valence-electron chi connectivity index (χ0n) is 14.5. The van der Waals surface area contributed by atoms with E-state index < -0.39 is 5.60 Å². The molecule has 23 heavy (non-hydrogen) atoms. The second-order valence-electron chi connectivity index (χ2n) is 7.19. The largest absolute Gasteiger partial charge is 0.390 e. The van der Waals surface area contributed by atoms with E-state index in [1.807, 2.05) is 31.3 Å². The molecule has 0 radical (unpaired) electrons. The van der Waals surface area contributed by atoms with E-state index in [1.165, 1.54) is 6.42 Å². The number of rotatable bonds is 6. The number of nitrogens with zero attached hydrogens (tertiary/aromatic N) is 1. The van der Waals surface area contributed by atoms with Gasteiger partial charge in [0.2, 0.25) is 0 Å². The Balaban J connectivity index is 1.95. The second kappa shape index (κ2) is 7.93. The summed E-state index contributed by atoms with van der Waals surface area (Å²) in [6.45, 7) is 5.06. The fraction of sp³-hybridized carbons (Fsp3) is 0.632. The summed E-state index contributed by atoms with van der Waals surface area (Å²) in [5.41, 5.74) is 1.10. The number of carbonyl (C=O) groups is 1. The van der Waals surface area contributed by atoms with Crippen LogP contribution in [0.15, 0.2) is 24.3 Å². The van der Waals surface area contributed by atoms with Gasteiger partial charge in [0.05, 0.1) is 11.7 Å². The molecule has 128 valence electrons. The van der Waals surface area contributed by atoms with Crippen LogP contribution < -0.4 is 0 Å². The van der Waals surface area contributed by atoms with Crippen molar-refractivity contribution in [3.8, 4) is 0 Å². The highest BCUT2D eigenvalue weighted by atomic mass is 16.5. The lowest BCUT2D eigenvalue weighted by molar-refractivity contribution is -0.000189. The third kappa shape index (κ3) is 5.96. The lowest BCUT2D eigenvalue weighted by Crippen LogP contribution is -2.37. The first kappa shape index (κ1) is 18.0. The molecule has 0 aliphatic carbocycles. The third-order valence-corrected chi connectivity index (χ3v) is 4.30. The number of hydrogen-bond acceptors (Lipinski definition) is 3. The molecule has 4 heteroatoms. The lowest BCUT2D eigenvalue weighted by Gasteiger charge is -2.27. The Morgan fingerprint density at radius 3 is 2.83 bits per heavy atom. The average molecular weight is 319 g/mol. The first-order valence-corrected chi connectivity index (χ1v) is 8.53. The van der Waals surface area contributed by atoms with E-state index in [0.29, 0.717) is 18.5 Å². The van der Waals surface area contributed by atoms with Gasteiger partial charge in [-0.25, -0.2) is 0 Å². The van der Waals surface area contributed by atoms with Gasteiger partial charge in [0.1, 0.15) is 0 Å². The maximum Gasteiger partial charge on any atom is 0.253 e. The van der Waals surface area contributed by atoms with E-state index >= 15 is 0 Å². The summed E-state index contributed by atoms with van der Waals surface area (Å²) in [7, 11) is 1.84. The van der Waals surface area contributed by atoms with Gasteiger partial charge in [-0.2, -0.15) is 0 Å². The molecule has 0 bridgehead atoms. The van der Waals surface area contributed by atoms with Crippen molar-refractivity contribution in [2.45, 2.75) is 57.7 Å². The van der Waals surface area contributed by atoms with E-state index in [1.54, 1.807) is 18.7 Å². The van der Waals surface area contributed by atoms with Crippen LogP contribution in [0.5, 0.6) is 0 Å². The molecule has 1 saturated heterocycles. The Hall–Kier alpha value is -1.39. The summed E-state index contributed by atoms with van der Waals surface area (Å²) in [5.74, 6) is 0.0317. The Morgan fingerprint density at radius 2 is 2.17 bits per heavy atom. The number of ether oxygens (including phenoxy) is 1. The molecular weight excluding hydrogens is 290 g/mol. The molecule has 1 heterocycles. The van der Waals surface area contributed by atoms with Crippen LogP contribution in [-0.2, 0) is 11.2 Å². The van der Waals surface area contributed by atoms with Crippen LogP contribution in [0.1, 0.15) is 55.5 Å². The maximum atomic E-state index is 12.6. The molecule has 1 aliphatic heterocycles. The Kier molecular flexibility index (Phi) is 6.19. The summed E-state index contributed by atoms with van der Waals surface area (Å²) < 4.78 is 5.71. The van der Waals surface area contributed by atoms with E-state index in [4.69, 9.17) is 4.74 Å². The highest BCUT2D eigenvalue weighted by molar-refractivity contribution is 5.94. The third-order valence-electron chi connectivity index (χ3n) is 4.30. The SMILES string of the molecule is CN(C[C@@H]1CCCCO1)C(=O)c1cccc(CCC(C)(C)O)c1. The zero-order valence-corrected chi connectivity index (χ0v) is 14.5. The molecule has 1 aromatic rings. The van der Waals surface area contributed by atoms with Crippen molar-refractivity contribution in [2.75, 3.05) is 20.2 Å². The Bertz CT molecular complexity index is 516. The molecule has 1 aromatic carbocycles. The summed E-state index contributed by atoms with van der Waals surface area (Å²) in [5, 5.41) is 9.84. The van der Waals surface area contributed by atoms with Gasteiger partial charge in [-0.15, -0.1) is 0 Å². The number of carbonyl (C=O) groups excluding carboxylic acids is 1. The van der Waals surface area contributed by atoms with E-state index in [-0.39, 0.29) is 12.0 Å². The minimum atomic E-state index is -0.685. The number of benzene rings is 1. The van der Waals surface area contributed by atoms with Crippen molar-refractivity contribution in [2.24, 2.45) is 0 Å². The van der Waals surface area contributed by atoms with Crippen LogP contribution in [0.3, 0.4) is 0 Å². The molecule has 0 saturated carbocycles. The Morgan fingerprint density at radius 1 is 1.39 bits per heavy atom. The first-order valence-electron chi connectivity index (χ1n) is 8.53. The minimum absolute atomic E-state index is 0.0317. The molecule has 1 fully saturated rings. The van der Waals surface area contributed by atoms with Gasteiger partial charge in [-0.3, -0.25) is 4.79 Å². The van der Waals surface area contributed by atoms with Crippen LogP contribution in [0.4, 0.5) is 0 Å². The molecule has 0 unspecified atom stereocenters. The molecule has 0 aromatic heterocycles. The molecule has 1 amide bonds. The first-order chi connectivity index (χ1) is 10.8. The Labute approximate surface area is 139 Å². The van der Waals surface area contributed by atoms with Crippen molar-refractivity contribution in [1.29, 1.82) is 0 Å². The molecule has 2 rings (SSSR count). The normalized spacial score (nSPS) is 18.7. The van der Waals surface area contributed by atoms with Gasteiger partial charge in [0, 0.05) is 25.8 Å². The highest BCUT2D eigenvalue weighted by Gasteiger charge is 2.20. The van der Waals surface area contributed by atoms with Crippen molar-refractivity contribution in [1.82, 2.24) is 4.90 Å². The van der Waals surface area contributed by atoms with Gasteiger partial charge >= 0.3 is 0 Å². The predicted octanol–water partition coefficient (Wildman–Crippen LogP) is 3.03. The monoisotopic (exact) mass is 319 g/mol. The van der Waals surface area contributed by atoms with Crippen molar-refractivity contribution in [3.63, 3.8) is 0 Å². The highest BCUT2D eigenvalue weighted by Crippen LogP contribution is 2.17. The number of aliphatic hydroxyl groups is 1. The molecule has 0 spiro atoms. The van der Waals surface area contributed by atoms with Crippen LogP contribution in [-0.4, -0.2) is 47.8 Å². The van der Waals surface area contributed by atoms with Gasteiger partial charge in [0.25, 0.3) is 5.91 Å². The molecule has 4 nitrogen and oxygen atoms in total. The zero-order chi connectivity index (χ0) is 16.9. The van der Waals surface area contributed by atoms with Crippen molar-refractivity contribution in [3.05, 3.63) is 35.4 Å². The lowest BCUT2D eigenvalue weighted by atomic mass is 9.97. The van der Waals surface area contributed by atoms with Crippen LogP contribution in [0, 0.1) is 0 Å². The van der Waals surface area contributed by atoms with Crippen LogP contribution >= 0.6 is 0 Å². The van der Waals surface area contributed by atoms with Crippen LogP contribution in [0.2, 0.25) is 0 Å². The number of aryl methyl sites for hydroxylation is 1. The molecule has 1 N–H and O–H groups in total. The van der Waals surface area contributed by atoms with Crippen LogP contribution in [0.25, 0.3) is 0 Å². The van der Waals surface area contributed by atoms with Gasteiger partial charge < -0.3 is 14.7 Å². The predicted molar refractivity (Wildman–Crippen MR) is 91.6 cm³/mol. The van der Waals surface area contributed by atoms with E-state index in [9.17, 15) is 9.90 Å². The van der Waals surface area contributed by atoms with Gasteiger partial charge in [-0.1, -0.05) is 12.1 Å². The minimum Gasteiger partial charge on any atom is -0.390 e. The quantitative estimate of drug-likeness (QED) is 0.877. The van der Waals surface area contributed by atoms with E-state index in [0.717, 1.165) is 31.4 Å². The van der Waals surface area contributed by atoms with E-state index in [2.05, 4.69) is 0 Å². The fourth-order valence-corrected chi connectivity index (χ4v) is 2.87. The fourth-order valence-electron chi connectivity index (χ4n) is 2.87. The maximum absolute atomic E-state index is 12.6. The van der Waals surface area contributed by atoms with Gasteiger partial charge in [0.15, 0.2) is 0 Å². The summed E-state index contributed by atoms with van der Waals surface area (Å²) in [4.78, 5) is 14.3. The van der Waals surface area contributed by atoms with Crippen molar-refractivity contribution >= 4 is 5.91 Å². The standard InChI is InChI=1S/C19H29NO3/c1-19(2,22)11-10-15-7-6-8-16(13-15)18(21)20(3)14-17-9-4-5-12-23-17/h6-8,13,17,22H,4-5,9-12,14H2,1-3H3/t17-/m0/s1. The summed E-state index contributed by atoms with van der Waals surface area (Å²) >= 11 is 0.